The zero-order chi connectivity index (χ0) is 27.9. The van der Waals surface area contributed by atoms with Crippen LogP contribution < -0.4 is 4.43 Å². The molecule has 3 aromatic carbocycles. The molecule has 40 heavy (non-hydrogen) atoms. The number of allylic oxidation sites excluding steroid dienone is 1. The highest BCUT2D eigenvalue weighted by atomic mass is 28.2. The first kappa shape index (κ1) is 27.4. The van der Waals surface area contributed by atoms with E-state index in [0.29, 0.717) is 24.9 Å². The van der Waals surface area contributed by atoms with Crippen molar-refractivity contribution < 1.29 is 14.3 Å². The molecule has 0 atom stereocenters. The molecule has 3 aromatic rings. The molecular weight excluding hydrogens is 508 g/mol. The highest BCUT2D eigenvalue weighted by molar-refractivity contribution is 6.02. The van der Waals surface area contributed by atoms with Crippen molar-refractivity contribution in [1.29, 1.82) is 0 Å². The first-order chi connectivity index (χ1) is 19.4. The lowest BCUT2D eigenvalue weighted by Gasteiger charge is -2.52. The van der Waals surface area contributed by atoms with E-state index >= 15 is 0 Å². The summed E-state index contributed by atoms with van der Waals surface area (Å²) in [7, 11) is 3.53. The van der Waals surface area contributed by atoms with Crippen LogP contribution in [0.2, 0.25) is 0 Å². The molecule has 0 unspecified atom stereocenters. The van der Waals surface area contributed by atoms with E-state index in [0.717, 1.165) is 34.5 Å². The standard InChI is InChI=1S/C36H41O3Si/c1-36(2,3)33-32(26-13-8-5-9-14-26)29(25-11-6-4-7-12-25)22-30(35(33)39-40)34(38-16-10-15-37)31-27-18-23-17-24(20-27)21-28(31)19-23/h4-9,11-14,22-24,27-28,37H,10,15-21H2,1-3H3. The van der Waals surface area contributed by atoms with Crippen molar-refractivity contribution in [1.82, 2.24) is 0 Å². The monoisotopic (exact) mass is 549 g/mol. The third-order valence-corrected chi connectivity index (χ3v) is 9.56. The van der Waals surface area contributed by atoms with Crippen molar-refractivity contribution in [3.63, 3.8) is 0 Å². The van der Waals surface area contributed by atoms with Crippen LogP contribution in [0, 0.1) is 23.7 Å². The van der Waals surface area contributed by atoms with Crippen LogP contribution in [0.1, 0.15) is 70.4 Å². The molecule has 0 spiro atoms. The quantitative estimate of drug-likeness (QED) is 0.174. The maximum absolute atomic E-state index is 9.64. The fourth-order valence-corrected chi connectivity index (χ4v) is 8.24. The van der Waals surface area contributed by atoms with E-state index in [1.54, 1.807) is 0 Å². The van der Waals surface area contributed by atoms with Gasteiger partial charge in [-0.3, -0.25) is 0 Å². The van der Waals surface area contributed by atoms with E-state index in [-0.39, 0.29) is 12.0 Å². The highest BCUT2D eigenvalue weighted by Crippen LogP contribution is 2.59. The van der Waals surface area contributed by atoms with Gasteiger partial charge in [0.15, 0.2) is 0 Å². The van der Waals surface area contributed by atoms with Crippen molar-refractivity contribution in [3.8, 4) is 28.0 Å². The number of rotatable bonds is 8. The number of aliphatic hydroxyl groups excluding tert-OH is 1. The molecule has 4 aliphatic carbocycles. The Kier molecular flexibility index (Phi) is 7.67. The Bertz CT molecular complexity index is 1340. The molecule has 0 saturated heterocycles. The van der Waals surface area contributed by atoms with Crippen LogP contribution in [0.25, 0.3) is 28.0 Å². The number of hydrogen-bond donors (Lipinski definition) is 1. The Hall–Kier alpha value is -2.82. The molecule has 0 aliphatic heterocycles. The van der Waals surface area contributed by atoms with Gasteiger partial charge in [-0.05, 0) is 95.1 Å². The summed E-state index contributed by atoms with van der Waals surface area (Å²) in [6.07, 6.45) is 7.13. The second-order valence-electron chi connectivity index (χ2n) is 13.1. The van der Waals surface area contributed by atoms with E-state index in [1.165, 1.54) is 59.9 Å². The Labute approximate surface area is 243 Å². The Morgan fingerprint density at radius 3 is 1.95 bits per heavy atom. The maximum Gasteiger partial charge on any atom is 0.341 e. The summed E-state index contributed by atoms with van der Waals surface area (Å²) in [5.41, 5.74) is 8.22. The third-order valence-electron chi connectivity index (χ3n) is 9.35. The van der Waals surface area contributed by atoms with E-state index in [4.69, 9.17) is 9.16 Å². The Balaban J connectivity index is 1.67. The summed E-state index contributed by atoms with van der Waals surface area (Å²) >= 11 is 0. The van der Waals surface area contributed by atoms with Crippen LogP contribution in [0.4, 0.5) is 0 Å². The molecular formula is C36H41O3Si. The molecule has 7 rings (SSSR count). The minimum Gasteiger partial charge on any atom is -0.540 e. The first-order valence-electron chi connectivity index (χ1n) is 15.0. The van der Waals surface area contributed by atoms with Crippen LogP contribution in [-0.2, 0) is 10.2 Å². The molecule has 4 aliphatic rings. The lowest BCUT2D eigenvalue weighted by Crippen LogP contribution is -2.41. The fraction of sp³-hybridized carbons (Fsp3) is 0.444. The largest absolute Gasteiger partial charge is 0.540 e. The van der Waals surface area contributed by atoms with Gasteiger partial charge < -0.3 is 14.3 Å². The van der Waals surface area contributed by atoms with Crippen LogP contribution in [-0.4, -0.2) is 28.8 Å². The van der Waals surface area contributed by atoms with Gasteiger partial charge in [0.1, 0.15) is 11.5 Å². The van der Waals surface area contributed by atoms with Crippen molar-refractivity contribution in [2.45, 2.75) is 64.7 Å². The van der Waals surface area contributed by atoms with Crippen LogP contribution in [0.3, 0.4) is 0 Å². The van der Waals surface area contributed by atoms with Gasteiger partial charge in [0, 0.05) is 18.6 Å². The molecule has 1 N–H and O–H groups in total. The first-order valence-corrected chi connectivity index (χ1v) is 15.4. The van der Waals surface area contributed by atoms with Crippen molar-refractivity contribution >= 4 is 16.2 Å². The SMILES string of the molecule is CC(C)(C)c1c(O[Si])c(C(OCCCO)=C2C3CC4CC(C3)CC2C4)cc(-c2ccccc2)c1-c1ccccc1. The number of aliphatic hydroxyl groups is 1. The summed E-state index contributed by atoms with van der Waals surface area (Å²) < 4.78 is 13.0. The third kappa shape index (κ3) is 5.05. The van der Waals surface area contributed by atoms with Crippen molar-refractivity contribution in [2.75, 3.05) is 13.2 Å². The van der Waals surface area contributed by atoms with E-state index in [9.17, 15) is 5.11 Å². The van der Waals surface area contributed by atoms with Gasteiger partial charge in [-0.2, -0.15) is 0 Å². The van der Waals surface area contributed by atoms with E-state index in [2.05, 4.69) is 98.0 Å². The molecule has 4 fully saturated rings. The summed E-state index contributed by atoms with van der Waals surface area (Å²) in [5.74, 6) is 4.72. The van der Waals surface area contributed by atoms with Crippen molar-refractivity contribution in [2.24, 2.45) is 23.7 Å². The van der Waals surface area contributed by atoms with Gasteiger partial charge in [0.25, 0.3) is 0 Å². The van der Waals surface area contributed by atoms with Gasteiger partial charge >= 0.3 is 10.5 Å². The van der Waals surface area contributed by atoms with Gasteiger partial charge in [-0.25, -0.2) is 0 Å². The minimum absolute atomic E-state index is 0.122. The predicted octanol–water partition coefficient (Wildman–Crippen LogP) is 8.35. The lowest BCUT2D eigenvalue weighted by molar-refractivity contribution is 0.0662. The molecule has 4 bridgehead atoms. The minimum atomic E-state index is -0.211. The zero-order valence-electron chi connectivity index (χ0n) is 24.1. The van der Waals surface area contributed by atoms with Crippen LogP contribution in [0.5, 0.6) is 5.75 Å². The zero-order valence-corrected chi connectivity index (χ0v) is 25.1. The predicted molar refractivity (Wildman–Crippen MR) is 164 cm³/mol. The molecule has 207 valence electrons. The molecule has 0 aromatic heterocycles. The molecule has 4 saturated carbocycles. The van der Waals surface area contributed by atoms with Gasteiger partial charge in [-0.15, -0.1) is 0 Å². The highest BCUT2D eigenvalue weighted by Gasteiger charge is 2.47. The lowest BCUT2D eigenvalue weighted by atomic mass is 9.54. The van der Waals surface area contributed by atoms with Crippen LogP contribution in [0.15, 0.2) is 72.3 Å². The van der Waals surface area contributed by atoms with Crippen LogP contribution >= 0.6 is 0 Å². The summed E-state index contributed by atoms with van der Waals surface area (Å²) in [6.45, 7) is 7.42. The normalized spacial score (nSPS) is 23.4. The summed E-state index contributed by atoms with van der Waals surface area (Å²) in [5, 5.41) is 9.64. The topological polar surface area (TPSA) is 38.7 Å². The fourth-order valence-electron chi connectivity index (χ4n) is 8.02. The summed E-state index contributed by atoms with van der Waals surface area (Å²) in [4.78, 5) is 0. The number of ether oxygens (including phenoxy) is 1. The molecule has 3 nitrogen and oxygen atoms in total. The summed E-state index contributed by atoms with van der Waals surface area (Å²) in [6, 6.07) is 23.7. The molecule has 0 amide bonds. The number of benzene rings is 3. The average Bonchev–Trinajstić information content (AvgIpc) is 2.95. The van der Waals surface area contributed by atoms with E-state index < -0.39 is 0 Å². The van der Waals surface area contributed by atoms with E-state index in [1.807, 2.05) is 0 Å². The second kappa shape index (κ2) is 11.2. The molecule has 4 heteroatoms. The molecule has 0 heterocycles. The van der Waals surface area contributed by atoms with Gasteiger partial charge in [-0.1, -0.05) is 81.4 Å². The Morgan fingerprint density at radius 1 is 0.850 bits per heavy atom. The second-order valence-corrected chi connectivity index (χ2v) is 13.4. The van der Waals surface area contributed by atoms with Crippen molar-refractivity contribution in [3.05, 3.63) is 83.4 Å². The smallest absolute Gasteiger partial charge is 0.341 e. The average molecular weight is 550 g/mol. The van der Waals surface area contributed by atoms with Gasteiger partial charge in [0.2, 0.25) is 0 Å². The van der Waals surface area contributed by atoms with Gasteiger partial charge in [0.05, 0.1) is 12.2 Å². The maximum atomic E-state index is 9.64. The molecule has 3 radical (unpaired) electrons. The number of hydrogen-bond acceptors (Lipinski definition) is 3. The Morgan fingerprint density at radius 2 is 1.43 bits per heavy atom.